The lowest BCUT2D eigenvalue weighted by molar-refractivity contribution is 0.0946. The van der Waals surface area contributed by atoms with E-state index in [4.69, 9.17) is 5.73 Å². The molecule has 0 aliphatic carbocycles. The van der Waals surface area contributed by atoms with Crippen molar-refractivity contribution in [2.24, 2.45) is 7.05 Å². The van der Waals surface area contributed by atoms with Crippen LogP contribution >= 0.6 is 0 Å². The lowest BCUT2D eigenvalue weighted by Gasteiger charge is -2.04. The molecule has 0 fully saturated rings. The molecule has 2 heterocycles. The van der Waals surface area contributed by atoms with Gasteiger partial charge in [-0.25, -0.2) is 0 Å². The Morgan fingerprint density at radius 1 is 1.56 bits per heavy atom. The number of pyridine rings is 1. The highest BCUT2D eigenvalue weighted by Crippen LogP contribution is 2.06. The van der Waals surface area contributed by atoms with Crippen molar-refractivity contribution in [2.45, 2.75) is 13.5 Å². The van der Waals surface area contributed by atoms with E-state index >= 15 is 0 Å². The normalized spacial score (nSPS) is 10.3. The van der Waals surface area contributed by atoms with E-state index in [9.17, 15) is 4.79 Å². The number of aromatic nitrogens is 3. The lowest BCUT2D eigenvalue weighted by Crippen LogP contribution is -2.24. The molecular formula is C12H15N5O. The van der Waals surface area contributed by atoms with E-state index < -0.39 is 0 Å². The van der Waals surface area contributed by atoms with Crippen molar-refractivity contribution in [2.75, 3.05) is 5.73 Å². The van der Waals surface area contributed by atoms with Crippen molar-refractivity contribution >= 4 is 11.6 Å². The minimum absolute atomic E-state index is 0.245. The zero-order valence-corrected chi connectivity index (χ0v) is 10.3. The lowest BCUT2D eigenvalue weighted by atomic mass is 10.2. The summed E-state index contributed by atoms with van der Waals surface area (Å²) >= 11 is 0. The second kappa shape index (κ2) is 4.87. The number of nitrogens with zero attached hydrogens (tertiary/aromatic N) is 3. The van der Waals surface area contributed by atoms with Crippen molar-refractivity contribution in [1.82, 2.24) is 20.1 Å². The number of anilines is 1. The Hall–Kier alpha value is -2.37. The minimum atomic E-state index is -0.245. The van der Waals surface area contributed by atoms with E-state index in [0.29, 0.717) is 17.9 Å². The molecule has 6 nitrogen and oxygen atoms in total. The van der Waals surface area contributed by atoms with Crippen LogP contribution < -0.4 is 11.1 Å². The minimum Gasteiger partial charge on any atom is -0.399 e. The monoisotopic (exact) mass is 245 g/mol. The van der Waals surface area contributed by atoms with Crippen LogP contribution in [-0.4, -0.2) is 20.7 Å². The fourth-order valence-corrected chi connectivity index (χ4v) is 1.55. The summed E-state index contributed by atoms with van der Waals surface area (Å²) in [5.74, 6) is -0.245. The van der Waals surface area contributed by atoms with Crippen LogP contribution in [0.2, 0.25) is 0 Å². The number of nitrogens with two attached hydrogens (primary N) is 1. The number of rotatable bonds is 3. The fraction of sp³-hybridized carbons (Fsp3) is 0.250. The summed E-state index contributed by atoms with van der Waals surface area (Å²) < 4.78 is 1.76. The van der Waals surface area contributed by atoms with E-state index in [1.54, 1.807) is 23.0 Å². The maximum atomic E-state index is 11.8. The van der Waals surface area contributed by atoms with Gasteiger partial charge >= 0.3 is 0 Å². The summed E-state index contributed by atoms with van der Waals surface area (Å²) in [6, 6.07) is 3.19. The molecular weight excluding hydrogens is 230 g/mol. The van der Waals surface area contributed by atoms with Gasteiger partial charge in [0.15, 0.2) is 0 Å². The number of hydrogen-bond acceptors (Lipinski definition) is 4. The second-order valence-corrected chi connectivity index (χ2v) is 4.04. The van der Waals surface area contributed by atoms with Crippen LogP contribution in [0.3, 0.4) is 0 Å². The summed E-state index contributed by atoms with van der Waals surface area (Å²) in [6.07, 6.45) is 3.25. The number of carbonyl (C=O) groups is 1. The first-order valence-electron chi connectivity index (χ1n) is 5.55. The Morgan fingerprint density at radius 2 is 2.33 bits per heavy atom. The Balaban J connectivity index is 2.03. The number of hydrogen-bond donors (Lipinski definition) is 2. The summed E-state index contributed by atoms with van der Waals surface area (Å²) in [7, 11) is 1.86. The molecule has 2 aromatic rings. The standard InChI is InChI=1S/C12H15N5O/c1-8-9(7-16-17(8)2)6-15-12(18)11-5-10(13)3-4-14-11/h3-5,7H,6H2,1-2H3,(H2,13,14)(H,15,18). The Morgan fingerprint density at radius 3 is 2.94 bits per heavy atom. The SMILES string of the molecule is Cc1c(CNC(=O)c2cc(N)ccn2)cnn1C. The number of amides is 1. The maximum absolute atomic E-state index is 11.8. The van der Waals surface area contributed by atoms with Crippen molar-refractivity contribution in [3.05, 3.63) is 41.5 Å². The molecule has 2 aromatic heterocycles. The number of nitrogens with one attached hydrogen (secondary N) is 1. The van der Waals surface area contributed by atoms with E-state index in [-0.39, 0.29) is 5.91 Å². The van der Waals surface area contributed by atoms with Crippen molar-refractivity contribution in [3.63, 3.8) is 0 Å². The summed E-state index contributed by atoms with van der Waals surface area (Å²) in [6.45, 7) is 2.38. The molecule has 18 heavy (non-hydrogen) atoms. The zero-order valence-electron chi connectivity index (χ0n) is 10.3. The zero-order chi connectivity index (χ0) is 13.1. The summed E-state index contributed by atoms with van der Waals surface area (Å²) in [5, 5.41) is 6.90. The van der Waals surface area contributed by atoms with E-state index in [2.05, 4.69) is 15.4 Å². The van der Waals surface area contributed by atoms with Crippen LogP contribution in [0.15, 0.2) is 24.5 Å². The van der Waals surface area contributed by atoms with Crippen LogP contribution in [0.4, 0.5) is 5.69 Å². The van der Waals surface area contributed by atoms with Gasteiger partial charge in [-0.15, -0.1) is 0 Å². The van der Waals surface area contributed by atoms with Crippen LogP contribution in [-0.2, 0) is 13.6 Å². The Labute approximate surface area is 105 Å². The van der Waals surface area contributed by atoms with Crippen LogP contribution in [0.25, 0.3) is 0 Å². The second-order valence-electron chi connectivity index (χ2n) is 4.04. The molecule has 0 spiro atoms. The molecule has 0 saturated carbocycles. The molecule has 0 bridgehead atoms. The van der Waals surface area contributed by atoms with Gasteiger partial charge in [-0.3, -0.25) is 14.5 Å². The largest absolute Gasteiger partial charge is 0.399 e. The third-order valence-corrected chi connectivity index (χ3v) is 2.79. The van der Waals surface area contributed by atoms with Crippen molar-refractivity contribution < 1.29 is 4.79 Å². The summed E-state index contributed by atoms with van der Waals surface area (Å²) in [5.41, 5.74) is 8.44. The first-order chi connectivity index (χ1) is 8.58. The number of carbonyl (C=O) groups excluding carboxylic acids is 1. The maximum Gasteiger partial charge on any atom is 0.270 e. The number of nitrogen functional groups attached to an aromatic ring is 1. The molecule has 3 N–H and O–H groups in total. The fourth-order valence-electron chi connectivity index (χ4n) is 1.55. The highest BCUT2D eigenvalue weighted by molar-refractivity contribution is 5.92. The van der Waals surface area contributed by atoms with E-state index in [1.807, 2.05) is 14.0 Å². The molecule has 2 rings (SSSR count). The predicted octanol–water partition coefficient (Wildman–Crippen LogP) is 0.636. The molecule has 0 atom stereocenters. The van der Waals surface area contributed by atoms with Crippen LogP contribution in [0.1, 0.15) is 21.7 Å². The molecule has 0 unspecified atom stereocenters. The topological polar surface area (TPSA) is 85.8 Å². The van der Waals surface area contributed by atoms with Gasteiger partial charge in [0.05, 0.1) is 6.20 Å². The summed E-state index contributed by atoms with van der Waals surface area (Å²) in [4.78, 5) is 15.8. The molecule has 0 aliphatic heterocycles. The van der Waals surface area contributed by atoms with E-state index in [0.717, 1.165) is 11.3 Å². The third kappa shape index (κ3) is 2.48. The van der Waals surface area contributed by atoms with Gasteiger partial charge in [-0.05, 0) is 19.1 Å². The van der Waals surface area contributed by atoms with Gasteiger partial charge in [0.2, 0.25) is 0 Å². The molecule has 1 amide bonds. The molecule has 0 radical (unpaired) electrons. The highest BCUT2D eigenvalue weighted by Gasteiger charge is 2.09. The Kier molecular flexibility index (Phi) is 3.27. The Bertz CT molecular complexity index is 576. The molecule has 0 aliphatic rings. The molecule has 0 aromatic carbocycles. The average molecular weight is 245 g/mol. The van der Waals surface area contributed by atoms with Gasteiger partial charge in [0.1, 0.15) is 5.69 Å². The van der Waals surface area contributed by atoms with Crippen LogP contribution in [0.5, 0.6) is 0 Å². The van der Waals surface area contributed by atoms with Crippen LogP contribution in [0, 0.1) is 6.92 Å². The quantitative estimate of drug-likeness (QED) is 0.830. The smallest absolute Gasteiger partial charge is 0.270 e. The first-order valence-corrected chi connectivity index (χ1v) is 5.55. The third-order valence-electron chi connectivity index (χ3n) is 2.79. The van der Waals surface area contributed by atoms with Gasteiger partial charge in [0.25, 0.3) is 5.91 Å². The van der Waals surface area contributed by atoms with Gasteiger partial charge in [-0.2, -0.15) is 5.10 Å². The average Bonchev–Trinajstić information content (AvgIpc) is 2.67. The molecule has 0 saturated heterocycles. The number of aryl methyl sites for hydroxylation is 1. The van der Waals surface area contributed by atoms with Crippen molar-refractivity contribution in [3.8, 4) is 0 Å². The first kappa shape index (κ1) is 12.1. The molecule has 94 valence electrons. The van der Waals surface area contributed by atoms with Crippen molar-refractivity contribution in [1.29, 1.82) is 0 Å². The van der Waals surface area contributed by atoms with E-state index in [1.165, 1.54) is 6.20 Å². The predicted molar refractivity (Wildman–Crippen MR) is 67.8 cm³/mol. The van der Waals surface area contributed by atoms with Gasteiger partial charge < -0.3 is 11.1 Å². The van der Waals surface area contributed by atoms with Gasteiger partial charge in [0, 0.05) is 36.7 Å². The molecule has 6 heteroatoms. The highest BCUT2D eigenvalue weighted by atomic mass is 16.1. The van der Waals surface area contributed by atoms with Gasteiger partial charge in [-0.1, -0.05) is 0 Å².